The third-order valence-electron chi connectivity index (χ3n) is 1.84. The minimum Gasteiger partial charge on any atom is -0.312 e. The van der Waals surface area contributed by atoms with Crippen LogP contribution in [-0.2, 0) is 0 Å². The number of allylic oxidation sites excluding steroid dienone is 1. The van der Waals surface area contributed by atoms with E-state index in [2.05, 4.69) is 26.5 Å². The molecule has 2 heteroatoms. The van der Waals surface area contributed by atoms with Crippen molar-refractivity contribution >= 4 is 5.70 Å². The van der Waals surface area contributed by atoms with E-state index in [-0.39, 0.29) is 0 Å². The Morgan fingerprint density at radius 2 is 2.33 bits per heavy atom. The van der Waals surface area contributed by atoms with Gasteiger partial charge in [0.2, 0.25) is 0 Å². The van der Waals surface area contributed by atoms with Gasteiger partial charge in [0.25, 0.3) is 0 Å². The molecular formula is C10H12N2. The molecule has 1 aromatic heterocycles. The second kappa shape index (κ2) is 3.27. The Morgan fingerprint density at radius 1 is 1.67 bits per heavy atom. The Morgan fingerprint density at radius 3 is 2.83 bits per heavy atom. The summed E-state index contributed by atoms with van der Waals surface area (Å²) < 4.78 is 1.82. The summed E-state index contributed by atoms with van der Waals surface area (Å²) in [4.78, 5) is 0. The molecule has 0 aliphatic rings. The summed E-state index contributed by atoms with van der Waals surface area (Å²) >= 11 is 0. The van der Waals surface area contributed by atoms with E-state index in [1.807, 2.05) is 16.8 Å². The van der Waals surface area contributed by atoms with Crippen molar-refractivity contribution < 1.29 is 0 Å². The van der Waals surface area contributed by atoms with Gasteiger partial charge in [-0.2, -0.15) is 5.26 Å². The highest BCUT2D eigenvalue weighted by Gasteiger charge is 2.05. The van der Waals surface area contributed by atoms with E-state index < -0.39 is 0 Å². The summed E-state index contributed by atoms with van der Waals surface area (Å²) in [7, 11) is 0. The van der Waals surface area contributed by atoms with Crippen LogP contribution in [0.25, 0.3) is 5.70 Å². The molecule has 1 aromatic rings. The molecule has 62 valence electrons. The standard InChI is InChI=1S/C10H12N2/c1-8(2)9(3)12-6-4-5-10(12)7-11/h4-6,8H,3H2,1-2H3. The molecular weight excluding hydrogens is 148 g/mol. The summed E-state index contributed by atoms with van der Waals surface area (Å²) in [6, 6.07) is 5.75. The minimum atomic E-state index is 0.365. The summed E-state index contributed by atoms with van der Waals surface area (Å²) in [5.74, 6) is 0.365. The highest BCUT2D eigenvalue weighted by Crippen LogP contribution is 2.16. The highest BCUT2D eigenvalue weighted by molar-refractivity contribution is 5.48. The van der Waals surface area contributed by atoms with Crippen LogP contribution in [0.5, 0.6) is 0 Å². The molecule has 0 saturated heterocycles. The van der Waals surface area contributed by atoms with E-state index in [0.29, 0.717) is 11.6 Å². The van der Waals surface area contributed by atoms with Crippen LogP contribution in [-0.4, -0.2) is 4.57 Å². The lowest BCUT2D eigenvalue weighted by Crippen LogP contribution is -2.02. The van der Waals surface area contributed by atoms with Crippen molar-refractivity contribution in [3.8, 4) is 6.07 Å². The van der Waals surface area contributed by atoms with Gasteiger partial charge in [0.1, 0.15) is 11.8 Å². The zero-order valence-electron chi connectivity index (χ0n) is 7.41. The van der Waals surface area contributed by atoms with Crippen LogP contribution in [0.1, 0.15) is 19.5 Å². The molecule has 0 N–H and O–H groups in total. The SMILES string of the molecule is C=C(C(C)C)n1cccc1C#N. The van der Waals surface area contributed by atoms with Gasteiger partial charge in [-0.05, 0) is 18.1 Å². The normalized spacial score (nSPS) is 9.83. The van der Waals surface area contributed by atoms with Crippen LogP contribution in [0.15, 0.2) is 24.9 Å². The first-order valence-corrected chi connectivity index (χ1v) is 3.93. The van der Waals surface area contributed by atoms with Gasteiger partial charge in [-0.15, -0.1) is 0 Å². The number of rotatable bonds is 2. The lowest BCUT2D eigenvalue weighted by molar-refractivity contribution is 0.792. The van der Waals surface area contributed by atoms with Gasteiger partial charge in [-0.1, -0.05) is 20.4 Å². The Hall–Kier alpha value is -1.49. The van der Waals surface area contributed by atoms with Crippen LogP contribution in [0.3, 0.4) is 0 Å². The van der Waals surface area contributed by atoms with E-state index in [0.717, 1.165) is 5.70 Å². The third-order valence-corrected chi connectivity index (χ3v) is 1.84. The molecule has 0 aliphatic carbocycles. The minimum absolute atomic E-state index is 0.365. The van der Waals surface area contributed by atoms with Crippen LogP contribution in [0.4, 0.5) is 0 Å². The molecule has 12 heavy (non-hydrogen) atoms. The molecule has 0 atom stereocenters. The summed E-state index contributed by atoms with van der Waals surface area (Å²) in [6.07, 6.45) is 1.86. The fourth-order valence-electron chi connectivity index (χ4n) is 1.00. The van der Waals surface area contributed by atoms with Gasteiger partial charge >= 0.3 is 0 Å². The smallest absolute Gasteiger partial charge is 0.124 e. The topological polar surface area (TPSA) is 28.7 Å². The molecule has 0 spiro atoms. The van der Waals surface area contributed by atoms with Crippen LogP contribution < -0.4 is 0 Å². The monoisotopic (exact) mass is 160 g/mol. The van der Waals surface area contributed by atoms with Gasteiger partial charge in [-0.3, -0.25) is 0 Å². The van der Waals surface area contributed by atoms with Crippen molar-refractivity contribution in [3.05, 3.63) is 30.6 Å². The lowest BCUT2D eigenvalue weighted by Gasteiger charge is -2.11. The number of hydrogen-bond acceptors (Lipinski definition) is 1. The Bertz CT molecular complexity index is 326. The van der Waals surface area contributed by atoms with Crippen molar-refractivity contribution in [1.29, 1.82) is 5.26 Å². The number of nitrogens with zero attached hydrogens (tertiary/aromatic N) is 2. The van der Waals surface area contributed by atoms with Crippen molar-refractivity contribution in [2.45, 2.75) is 13.8 Å². The van der Waals surface area contributed by atoms with Gasteiger partial charge in [0, 0.05) is 11.9 Å². The van der Waals surface area contributed by atoms with E-state index in [9.17, 15) is 0 Å². The summed E-state index contributed by atoms with van der Waals surface area (Å²) in [5.41, 5.74) is 1.60. The van der Waals surface area contributed by atoms with Gasteiger partial charge in [-0.25, -0.2) is 0 Å². The molecule has 0 bridgehead atoms. The van der Waals surface area contributed by atoms with Crippen LogP contribution >= 0.6 is 0 Å². The van der Waals surface area contributed by atoms with E-state index in [1.54, 1.807) is 6.07 Å². The maximum Gasteiger partial charge on any atom is 0.124 e. The fraction of sp³-hybridized carbons (Fsp3) is 0.300. The Balaban J connectivity index is 3.04. The number of aromatic nitrogens is 1. The van der Waals surface area contributed by atoms with Crippen LogP contribution in [0.2, 0.25) is 0 Å². The van der Waals surface area contributed by atoms with Crippen molar-refractivity contribution in [3.63, 3.8) is 0 Å². The molecule has 0 fully saturated rings. The molecule has 2 nitrogen and oxygen atoms in total. The Labute approximate surface area is 72.7 Å². The first kappa shape index (κ1) is 8.61. The predicted molar refractivity (Wildman–Crippen MR) is 49.3 cm³/mol. The Kier molecular flexibility index (Phi) is 2.35. The first-order valence-electron chi connectivity index (χ1n) is 3.93. The van der Waals surface area contributed by atoms with Gasteiger partial charge < -0.3 is 4.57 Å². The summed E-state index contributed by atoms with van der Waals surface area (Å²) in [5, 5.41) is 8.73. The molecule has 0 aliphatic heterocycles. The predicted octanol–water partition coefficient (Wildman–Crippen LogP) is 2.49. The number of nitriles is 1. The van der Waals surface area contributed by atoms with E-state index in [1.165, 1.54) is 0 Å². The lowest BCUT2D eigenvalue weighted by atomic mass is 10.1. The average Bonchev–Trinajstić information content (AvgIpc) is 2.49. The van der Waals surface area contributed by atoms with E-state index in [4.69, 9.17) is 5.26 Å². The van der Waals surface area contributed by atoms with E-state index >= 15 is 0 Å². The van der Waals surface area contributed by atoms with Gasteiger partial charge in [0.05, 0.1) is 0 Å². The molecule has 1 rings (SSSR count). The average molecular weight is 160 g/mol. The second-order valence-corrected chi connectivity index (χ2v) is 3.02. The molecule has 1 heterocycles. The zero-order valence-corrected chi connectivity index (χ0v) is 7.41. The highest BCUT2D eigenvalue weighted by atomic mass is 15.0. The molecule has 0 radical (unpaired) electrons. The third kappa shape index (κ3) is 1.40. The first-order chi connectivity index (χ1) is 5.66. The van der Waals surface area contributed by atoms with Crippen molar-refractivity contribution in [2.24, 2.45) is 5.92 Å². The number of hydrogen-bond donors (Lipinski definition) is 0. The van der Waals surface area contributed by atoms with Gasteiger partial charge in [0.15, 0.2) is 0 Å². The fourth-order valence-corrected chi connectivity index (χ4v) is 1.00. The molecule has 0 amide bonds. The summed E-state index contributed by atoms with van der Waals surface area (Å²) in [6.45, 7) is 8.04. The van der Waals surface area contributed by atoms with Crippen molar-refractivity contribution in [1.82, 2.24) is 4.57 Å². The largest absolute Gasteiger partial charge is 0.312 e. The molecule has 0 aromatic carbocycles. The van der Waals surface area contributed by atoms with Crippen LogP contribution in [0, 0.1) is 17.2 Å². The van der Waals surface area contributed by atoms with Crippen molar-refractivity contribution in [2.75, 3.05) is 0 Å². The molecule has 0 saturated carbocycles. The maximum absolute atomic E-state index is 8.73. The quantitative estimate of drug-likeness (QED) is 0.653. The zero-order chi connectivity index (χ0) is 9.14. The molecule has 0 unspecified atom stereocenters. The second-order valence-electron chi connectivity index (χ2n) is 3.02. The maximum atomic E-state index is 8.73.